The van der Waals surface area contributed by atoms with Gasteiger partial charge in [0.05, 0.1) is 31.1 Å². The van der Waals surface area contributed by atoms with Gasteiger partial charge >= 0.3 is 0 Å². The maximum absolute atomic E-state index is 13.6. The van der Waals surface area contributed by atoms with Crippen LogP contribution in [0.25, 0.3) is 0 Å². The summed E-state index contributed by atoms with van der Waals surface area (Å²) in [5, 5.41) is 13.4. The number of hydrogen-bond donors (Lipinski definition) is 2. The van der Waals surface area contributed by atoms with Gasteiger partial charge < -0.3 is 25.0 Å². The molecular formula is C32H55N3O5. The molecule has 1 fully saturated rings. The van der Waals surface area contributed by atoms with Gasteiger partial charge in [-0.15, -0.1) is 0 Å². The number of nitrogens with one attached hydrogen (secondary N) is 1. The molecular weight excluding hydrogens is 506 g/mol. The minimum Gasteiger partial charge on any atom is -0.392 e. The minimum atomic E-state index is -0.708. The summed E-state index contributed by atoms with van der Waals surface area (Å²) in [7, 11) is 3.35. The van der Waals surface area contributed by atoms with E-state index in [2.05, 4.69) is 37.4 Å². The van der Waals surface area contributed by atoms with Gasteiger partial charge in [0.15, 0.2) is 0 Å². The highest BCUT2D eigenvalue weighted by molar-refractivity contribution is 5.80. The van der Waals surface area contributed by atoms with Gasteiger partial charge in [-0.05, 0) is 50.4 Å². The number of rotatable bonds is 16. The van der Waals surface area contributed by atoms with E-state index in [1.54, 1.807) is 19.1 Å². The summed E-state index contributed by atoms with van der Waals surface area (Å²) >= 11 is 0. The molecule has 2 N–H and O–H groups in total. The third-order valence-corrected chi connectivity index (χ3v) is 8.84. The zero-order valence-corrected chi connectivity index (χ0v) is 26.0. The van der Waals surface area contributed by atoms with Crippen LogP contribution in [-0.4, -0.2) is 84.2 Å². The van der Waals surface area contributed by atoms with Gasteiger partial charge in [-0.1, -0.05) is 64.8 Å². The van der Waals surface area contributed by atoms with Crippen molar-refractivity contribution in [3.8, 4) is 0 Å². The predicted octanol–water partition coefficient (Wildman–Crippen LogP) is 4.47. The lowest BCUT2D eigenvalue weighted by atomic mass is 9.90. The molecule has 0 aromatic heterocycles. The molecule has 8 nitrogen and oxygen atoms in total. The molecule has 8 heteroatoms. The highest BCUT2D eigenvalue weighted by Gasteiger charge is 2.38. The SMILES string of the molecule is CCC(C)C(C(CC(=O)N1CCC[C@H]1CC(C)C(=O)NCCC1=CCCC=C1)OC)N(C)C(=O)CC(O)C(C)C. The van der Waals surface area contributed by atoms with Crippen molar-refractivity contribution in [1.29, 1.82) is 0 Å². The number of likely N-dealkylation sites (N-methyl/N-ethyl adjacent to an activating group) is 1. The Morgan fingerprint density at radius 2 is 1.90 bits per heavy atom. The molecule has 1 aliphatic carbocycles. The van der Waals surface area contributed by atoms with Crippen LogP contribution < -0.4 is 5.32 Å². The van der Waals surface area contributed by atoms with E-state index in [1.165, 1.54) is 5.57 Å². The first-order valence-electron chi connectivity index (χ1n) is 15.4. The summed E-state index contributed by atoms with van der Waals surface area (Å²) < 4.78 is 5.86. The van der Waals surface area contributed by atoms with Crippen molar-refractivity contribution in [3.63, 3.8) is 0 Å². The number of carbonyl (C=O) groups is 3. The van der Waals surface area contributed by atoms with Crippen LogP contribution >= 0.6 is 0 Å². The zero-order chi connectivity index (χ0) is 29.8. The average molecular weight is 562 g/mol. The molecule has 2 aliphatic rings. The standard InChI is InChI=1S/C32H55N3O5/c1-8-23(4)31(34(6)29(37)20-27(36)22(2)3)28(40-7)21-30(38)35-18-12-15-26(35)19-24(5)32(39)33-17-16-25-13-10-9-11-14-25/h10,13-14,22-24,26-28,31,36H,8-9,11-12,15-21H2,1-7H3,(H,33,39)/t23?,24?,26-,27?,28?,31?/m0/s1. The predicted molar refractivity (Wildman–Crippen MR) is 159 cm³/mol. The summed E-state index contributed by atoms with van der Waals surface area (Å²) in [4.78, 5) is 43.0. The highest BCUT2D eigenvalue weighted by Crippen LogP contribution is 2.28. The Hall–Kier alpha value is -2.19. The lowest BCUT2D eigenvalue weighted by Gasteiger charge is -2.39. The molecule has 0 spiro atoms. The topological polar surface area (TPSA) is 99.2 Å². The monoisotopic (exact) mass is 561 g/mol. The molecule has 40 heavy (non-hydrogen) atoms. The Balaban J connectivity index is 1.98. The van der Waals surface area contributed by atoms with E-state index in [9.17, 15) is 19.5 Å². The molecule has 0 radical (unpaired) electrons. The third-order valence-electron chi connectivity index (χ3n) is 8.84. The number of nitrogens with zero attached hydrogens (tertiary/aromatic N) is 2. The molecule has 0 saturated carbocycles. The second-order valence-corrected chi connectivity index (χ2v) is 12.2. The first-order chi connectivity index (χ1) is 19.0. The molecule has 2 rings (SSSR count). The molecule has 1 saturated heterocycles. The number of likely N-dealkylation sites (tertiary alicyclic amines) is 1. The summed E-state index contributed by atoms with van der Waals surface area (Å²) in [5.41, 5.74) is 1.28. The first-order valence-corrected chi connectivity index (χ1v) is 15.4. The Kier molecular flexibility index (Phi) is 14.4. The van der Waals surface area contributed by atoms with Crippen LogP contribution in [0.1, 0.15) is 92.4 Å². The Labute approximate surface area is 242 Å². The summed E-state index contributed by atoms with van der Waals surface area (Å²) in [6.07, 6.45) is 11.9. The number of carbonyl (C=O) groups excluding carboxylic acids is 3. The number of amides is 3. The summed E-state index contributed by atoms with van der Waals surface area (Å²) in [6.45, 7) is 11.2. The Bertz CT molecular complexity index is 886. The van der Waals surface area contributed by atoms with Crippen molar-refractivity contribution in [2.45, 2.75) is 117 Å². The molecule has 0 aromatic rings. The highest BCUT2D eigenvalue weighted by atomic mass is 16.5. The Morgan fingerprint density at radius 3 is 2.50 bits per heavy atom. The van der Waals surface area contributed by atoms with Crippen molar-refractivity contribution in [2.75, 3.05) is 27.2 Å². The first kappa shape index (κ1) is 34.0. The van der Waals surface area contributed by atoms with Crippen molar-refractivity contribution >= 4 is 17.7 Å². The second-order valence-electron chi connectivity index (χ2n) is 12.2. The van der Waals surface area contributed by atoms with Crippen LogP contribution in [0.15, 0.2) is 23.8 Å². The zero-order valence-electron chi connectivity index (χ0n) is 26.0. The fraction of sp³-hybridized carbons (Fsp3) is 0.781. The number of aliphatic hydroxyl groups excluding tert-OH is 1. The maximum atomic E-state index is 13.6. The average Bonchev–Trinajstić information content (AvgIpc) is 3.40. The van der Waals surface area contributed by atoms with E-state index in [4.69, 9.17) is 4.74 Å². The number of methoxy groups -OCH3 is 1. The fourth-order valence-electron chi connectivity index (χ4n) is 5.88. The minimum absolute atomic E-state index is 0.00866. The van der Waals surface area contributed by atoms with Gasteiger partial charge in [-0.2, -0.15) is 0 Å². The van der Waals surface area contributed by atoms with Crippen molar-refractivity contribution in [2.24, 2.45) is 17.8 Å². The fourth-order valence-corrected chi connectivity index (χ4v) is 5.88. The molecule has 1 heterocycles. The number of allylic oxidation sites excluding steroid dienone is 3. The van der Waals surface area contributed by atoms with E-state index in [0.717, 1.165) is 38.5 Å². The number of hydrogen-bond acceptors (Lipinski definition) is 5. The summed E-state index contributed by atoms with van der Waals surface area (Å²) in [5.74, 6) is -0.181. The van der Waals surface area contributed by atoms with Gasteiger partial charge in [-0.3, -0.25) is 14.4 Å². The largest absolute Gasteiger partial charge is 0.392 e. The van der Waals surface area contributed by atoms with E-state index in [1.807, 2.05) is 25.7 Å². The van der Waals surface area contributed by atoms with Crippen LogP contribution in [0.2, 0.25) is 0 Å². The van der Waals surface area contributed by atoms with Crippen LogP contribution in [0.4, 0.5) is 0 Å². The second kappa shape index (κ2) is 16.9. The molecule has 5 unspecified atom stereocenters. The van der Waals surface area contributed by atoms with Crippen LogP contribution in [0, 0.1) is 17.8 Å². The molecule has 3 amide bonds. The molecule has 0 bridgehead atoms. The van der Waals surface area contributed by atoms with Crippen LogP contribution in [0.3, 0.4) is 0 Å². The van der Waals surface area contributed by atoms with Gasteiger partial charge in [0, 0.05) is 39.2 Å². The van der Waals surface area contributed by atoms with E-state index in [0.29, 0.717) is 19.5 Å². The number of ether oxygens (including phenoxy) is 1. The maximum Gasteiger partial charge on any atom is 0.225 e. The van der Waals surface area contributed by atoms with Crippen LogP contribution in [-0.2, 0) is 19.1 Å². The summed E-state index contributed by atoms with van der Waals surface area (Å²) in [6, 6.07) is -0.261. The number of aliphatic hydroxyl groups is 1. The van der Waals surface area contributed by atoms with Crippen LogP contribution in [0.5, 0.6) is 0 Å². The van der Waals surface area contributed by atoms with E-state index < -0.39 is 12.2 Å². The lowest BCUT2D eigenvalue weighted by molar-refractivity contribution is -0.144. The van der Waals surface area contributed by atoms with Crippen molar-refractivity contribution in [3.05, 3.63) is 23.8 Å². The molecule has 6 atom stereocenters. The smallest absolute Gasteiger partial charge is 0.225 e. The molecule has 0 aromatic carbocycles. The quantitative estimate of drug-likeness (QED) is 0.290. The van der Waals surface area contributed by atoms with Gasteiger partial charge in [0.2, 0.25) is 17.7 Å². The van der Waals surface area contributed by atoms with Gasteiger partial charge in [0.1, 0.15) is 0 Å². The van der Waals surface area contributed by atoms with Crippen molar-refractivity contribution < 1.29 is 24.2 Å². The van der Waals surface area contributed by atoms with Gasteiger partial charge in [-0.25, -0.2) is 0 Å². The van der Waals surface area contributed by atoms with Gasteiger partial charge in [0.25, 0.3) is 0 Å². The molecule has 1 aliphatic heterocycles. The lowest BCUT2D eigenvalue weighted by Crippen LogP contribution is -2.51. The molecule has 228 valence electrons. The third kappa shape index (κ3) is 10.0. The normalized spacial score (nSPS) is 21.0. The Morgan fingerprint density at radius 1 is 1.18 bits per heavy atom. The van der Waals surface area contributed by atoms with E-state index in [-0.39, 0.29) is 60.4 Å². The van der Waals surface area contributed by atoms with Crippen molar-refractivity contribution in [1.82, 2.24) is 15.1 Å². The van der Waals surface area contributed by atoms with E-state index >= 15 is 0 Å².